The molecule has 114 valence electrons. The zero-order valence-corrected chi connectivity index (χ0v) is 14.0. The molecule has 0 saturated carbocycles. The third-order valence-electron chi connectivity index (χ3n) is 3.31. The maximum Gasteiger partial charge on any atom is 0.143 e. The first kappa shape index (κ1) is 15.8. The topological polar surface area (TPSA) is 44.3 Å². The Morgan fingerprint density at radius 3 is 2.36 bits per heavy atom. The number of phenolic OH excluding ortho intramolecular Hbond substituents is 1. The maximum absolute atomic E-state index is 10.1. The Bertz CT molecular complexity index is 776. The van der Waals surface area contributed by atoms with E-state index in [1.54, 1.807) is 18.2 Å². The van der Waals surface area contributed by atoms with Gasteiger partial charge in [0.25, 0.3) is 0 Å². The molecule has 7 heteroatoms. The third kappa shape index (κ3) is 3.00. The standard InChI is InChI=1S/C15H10Cl4N2O/c16-7-1-2-9(11(18)4-7)13-6-14(21-20-13)10-3-8(17)5-12(19)15(10)22/h1-6,13,20-22H/t13-/m1/s1. The second kappa shape index (κ2) is 6.19. The molecule has 0 fully saturated rings. The lowest BCUT2D eigenvalue weighted by Crippen LogP contribution is -2.26. The van der Waals surface area contributed by atoms with Crippen LogP contribution in [-0.4, -0.2) is 5.11 Å². The summed E-state index contributed by atoms with van der Waals surface area (Å²) in [6, 6.07) is 8.24. The Hall–Kier alpha value is -1.10. The van der Waals surface area contributed by atoms with Crippen molar-refractivity contribution in [3.63, 3.8) is 0 Å². The van der Waals surface area contributed by atoms with Crippen LogP contribution in [0.2, 0.25) is 20.1 Å². The minimum atomic E-state index is -0.170. The van der Waals surface area contributed by atoms with Gasteiger partial charge >= 0.3 is 0 Å². The van der Waals surface area contributed by atoms with E-state index in [4.69, 9.17) is 46.4 Å². The van der Waals surface area contributed by atoms with Crippen LogP contribution in [-0.2, 0) is 0 Å². The van der Waals surface area contributed by atoms with Crippen molar-refractivity contribution in [1.82, 2.24) is 10.9 Å². The van der Waals surface area contributed by atoms with E-state index in [0.717, 1.165) is 5.56 Å². The van der Waals surface area contributed by atoms with Crippen LogP contribution in [0, 0.1) is 0 Å². The van der Waals surface area contributed by atoms with Crippen molar-refractivity contribution in [3.8, 4) is 5.75 Å². The van der Waals surface area contributed by atoms with Crippen LogP contribution in [0.5, 0.6) is 5.75 Å². The van der Waals surface area contributed by atoms with Crippen molar-refractivity contribution in [2.75, 3.05) is 0 Å². The van der Waals surface area contributed by atoms with Crippen LogP contribution in [0.4, 0.5) is 0 Å². The highest BCUT2D eigenvalue weighted by atomic mass is 35.5. The minimum Gasteiger partial charge on any atom is -0.506 e. The number of aromatic hydroxyl groups is 1. The van der Waals surface area contributed by atoms with Gasteiger partial charge in [-0.05, 0) is 35.9 Å². The first-order valence-electron chi connectivity index (χ1n) is 6.32. The number of nitrogens with one attached hydrogen (secondary N) is 2. The molecule has 0 radical (unpaired) electrons. The first-order valence-corrected chi connectivity index (χ1v) is 7.83. The molecule has 0 bridgehead atoms. The summed E-state index contributed by atoms with van der Waals surface area (Å²) in [5.41, 5.74) is 8.12. The molecule has 2 aromatic rings. The molecular weight excluding hydrogens is 366 g/mol. The predicted octanol–water partition coefficient (Wildman–Crippen LogP) is 5.20. The molecule has 1 aliphatic heterocycles. The van der Waals surface area contributed by atoms with Gasteiger partial charge in [0.2, 0.25) is 0 Å². The summed E-state index contributed by atoms with van der Waals surface area (Å²) in [6.45, 7) is 0. The van der Waals surface area contributed by atoms with Crippen molar-refractivity contribution in [1.29, 1.82) is 0 Å². The Labute approximate surface area is 147 Å². The van der Waals surface area contributed by atoms with Gasteiger partial charge in [0.05, 0.1) is 16.8 Å². The monoisotopic (exact) mass is 374 g/mol. The van der Waals surface area contributed by atoms with E-state index in [2.05, 4.69) is 10.9 Å². The predicted molar refractivity (Wildman–Crippen MR) is 91.6 cm³/mol. The molecule has 1 aliphatic rings. The molecule has 3 rings (SSSR count). The summed E-state index contributed by atoms with van der Waals surface area (Å²) < 4.78 is 0. The summed E-state index contributed by atoms with van der Waals surface area (Å²) in [6.07, 6.45) is 1.89. The summed E-state index contributed by atoms with van der Waals surface area (Å²) in [4.78, 5) is 0. The second-order valence-electron chi connectivity index (χ2n) is 4.78. The van der Waals surface area contributed by atoms with E-state index in [-0.39, 0.29) is 16.8 Å². The van der Waals surface area contributed by atoms with Crippen molar-refractivity contribution < 1.29 is 5.11 Å². The Morgan fingerprint density at radius 2 is 1.64 bits per heavy atom. The SMILES string of the molecule is Oc1c(Cl)cc(Cl)cc1C1=C[C@H](c2ccc(Cl)cc2Cl)NN1. The summed E-state index contributed by atoms with van der Waals surface area (Å²) in [5.74, 6) is -0.0329. The molecule has 0 amide bonds. The lowest BCUT2D eigenvalue weighted by molar-refractivity contribution is 0.473. The van der Waals surface area contributed by atoms with E-state index in [1.807, 2.05) is 12.1 Å². The molecule has 0 aliphatic carbocycles. The van der Waals surface area contributed by atoms with Crippen LogP contribution < -0.4 is 10.9 Å². The number of rotatable bonds is 2. The van der Waals surface area contributed by atoms with Gasteiger partial charge in [-0.2, -0.15) is 0 Å². The lowest BCUT2D eigenvalue weighted by Gasteiger charge is -2.11. The van der Waals surface area contributed by atoms with Gasteiger partial charge in [-0.3, -0.25) is 0 Å². The fourth-order valence-electron chi connectivity index (χ4n) is 2.26. The molecule has 3 nitrogen and oxygen atoms in total. The van der Waals surface area contributed by atoms with E-state index < -0.39 is 0 Å². The highest BCUT2D eigenvalue weighted by Crippen LogP contribution is 2.37. The fourth-order valence-corrected chi connectivity index (χ4v) is 3.27. The van der Waals surface area contributed by atoms with Crippen LogP contribution in [0.15, 0.2) is 36.4 Å². The van der Waals surface area contributed by atoms with Gasteiger partial charge in [-0.15, -0.1) is 0 Å². The molecule has 0 aromatic heterocycles. The second-order valence-corrected chi connectivity index (χ2v) is 6.46. The van der Waals surface area contributed by atoms with Gasteiger partial charge in [0.1, 0.15) is 5.75 Å². The average Bonchev–Trinajstić information content (AvgIpc) is 2.92. The highest BCUT2D eigenvalue weighted by Gasteiger charge is 2.22. The normalized spacial score (nSPS) is 17.3. The fraction of sp³-hybridized carbons (Fsp3) is 0.0667. The van der Waals surface area contributed by atoms with Gasteiger partial charge in [-0.1, -0.05) is 52.5 Å². The number of halogens is 4. The van der Waals surface area contributed by atoms with E-state index >= 15 is 0 Å². The Balaban J connectivity index is 1.98. The summed E-state index contributed by atoms with van der Waals surface area (Å²) in [5, 5.41) is 11.8. The third-order valence-corrected chi connectivity index (χ3v) is 4.38. The first-order chi connectivity index (χ1) is 10.5. The van der Waals surface area contributed by atoms with E-state index in [0.29, 0.717) is 26.3 Å². The molecule has 22 heavy (non-hydrogen) atoms. The van der Waals surface area contributed by atoms with Crippen molar-refractivity contribution in [2.24, 2.45) is 0 Å². The molecule has 0 saturated heterocycles. The van der Waals surface area contributed by atoms with Crippen molar-refractivity contribution in [2.45, 2.75) is 6.04 Å². The zero-order chi connectivity index (χ0) is 15.9. The van der Waals surface area contributed by atoms with Crippen LogP contribution >= 0.6 is 46.4 Å². The number of hydrogen-bond acceptors (Lipinski definition) is 3. The number of hydrazine groups is 1. The zero-order valence-electron chi connectivity index (χ0n) is 11.0. The van der Waals surface area contributed by atoms with E-state index in [1.165, 1.54) is 6.07 Å². The van der Waals surface area contributed by atoms with Crippen LogP contribution in [0.1, 0.15) is 17.2 Å². The number of benzene rings is 2. The van der Waals surface area contributed by atoms with Crippen LogP contribution in [0.3, 0.4) is 0 Å². The highest BCUT2D eigenvalue weighted by molar-refractivity contribution is 6.36. The van der Waals surface area contributed by atoms with Gasteiger partial charge in [-0.25, -0.2) is 5.43 Å². The Morgan fingerprint density at radius 1 is 0.909 bits per heavy atom. The van der Waals surface area contributed by atoms with E-state index in [9.17, 15) is 5.11 Å². The molecular formula is C15H10Cl4N2O. The van der Waals surface area contributed by atoms with Gasteiger partial charge in [0, 0.05) is 20.6 Å². The van der Waals surface area contributed by atoms with Crippen molar-refractivity contribution in [3.05, 3.63) is 67.6 Å². The minimum absolute atomic E-state index is 0.0329. The Kier molecular flexibility index (Phi) is 4.44. The summed E-state index contributed by atoms with van der Waals surface area (Å²) in [7, 11) is 0. The quantitative estimate of drug-likeness (QED) is 0.676. The molecule has 2 aromatic carbocycles. The number of phenols is 1. The molecule has 0 spiro atoms. The largest absolute Gasteiger partial charge is 0.506 e. The van der Waals surface area contributed by atoms with Gasteiger partial charge < -0.3 is 10.5 Å². The molecule has 0 unspecified atom stereocenters. The average molecular weight is 376 g/mol. The smallest absolute Gasteiger partial charge is 0.143 e. The van der Waals surface area contributed by atoms with Gasteiger partial charge in [0.15, 0.2) is 0 Å². The number of hydrogen-bond donors (Lipinski definition) is 3. The molecule has 3 N–H and O–H groups in total. The maximum atomic E-state index is 10.1. The van der Waals surface area contributed by atoms with Crippen LogP contribution in [0.25, 0.3) is 5.70 Å². The summed E-state index contributed by atoms with van der Waals surface area (Å²) >= 11 is 24.1. The molecule has 1 atom stereocenters. The molecule has 1 heterocycles. The van der Waals surface area contributed by atoms with Crippen molar-refractivity contribution >= 4 is 52.1 Å². The lowest BCUT2D eigenvalue weighted by atomic mass is 10.0.